The first-order chi connectivity index (χ1) is 12.3. The molecule has 1 aliphatic rings. The van der Waals surface area contributed by atoms with Crippen molar-refractivity contribution in [1.82, 2.24) is 19.8 Å². The topological polar surface area (TPSA) is 69.6 Å². The van der Waals surface area contributed by atoms with Crippen LogP contribution < -0.4 is 0 Å². The van der Waals surface area contributed by atoms with Gasteiger partial charge in [-0.15, -0.1) is 0 Å². The molecule has 0 aliphatic carbocycles. The fourth-order valence-electron chi connectivity index (χ4n) is 3.31. The number of nitrogens with zero attached hydrogens (tertiary/aromatic N) is 4. The molecule has 1 aliphatic heterocycles. The van der Waals surface area contributed by atoms with Crippen LogP contribution in [0.25, 0.3) is 0 Å². The van der Waals surface area contributed by atoms with Crippen LogP contribution in [0.2, 0.25) is 0 Å². The molecule has 0 bridgehead atoms. The summed E-state index contributed by atoms with van der Waals surface area (Å²) in [6.07, 6.45) is 7.11. The van der Waals surface area contributed by atoms with E-state index < -0.39 is 0 Å². The minimum absolute atomic E-state index is 0.0427. The second kappa shape index (κ2) is 8.69. The van der Waals surface area contributed by atoms with Crippen molar-refractivity contribution in [1.29, 1.82) is 0 Å². The van der Waals surface area contributed by atoms with E-state index >= 15 is 0 Å². The second-order valence-corrected chi connectivity index (χ2v) is 6.29. The summed E-state index contributed by atoms with van der Waals surface area (Å²) in [5.41, 5.74) is 1.95. The van der Waals surface area contributed by atoms with Crippen molar-refractivity contribution in [2.75, 3.05) is 19.7 Å². The average Bonchev–Trinajstić information content (AvgIpc) is 3.10. The summed E-state index contributed by atoms with van der Waals surface area (Å²) in [5, 5.41) is 9.37. The Labute approximate surface area is 148 Å². The zero-order chi connectivity index (χ0) is 17.5. The van der Waals surface area contributed by atoms with Crippen LogP contribution in [0.3, 0.4) is 0 Å². The van der Waals surface area contributed by atoms with Crippen LogP contribution in [0.1, 0.15) is 24.1 Å². The minimum Gasteiger partial charge on any atom is -0.395 e. The number of hydrogen-bond donors (Lipinski definition) is 1. The molecule has 1 atom stereocenters. The van der Waals surface area contributed by atoms with Gasteiger partial charge in [0.2, 0.25) is 5.91 Å². The molecule has 2 aromatic heterocycles. The lowest BCUT2D eigenvalue weighted by Gasteiger charge is -2.30. The molecule has 1 unspecified atom stereocenters. The molecule has 132 valence electrons. The molecule has 3 rings (SSSR count). The van der Waals surface area contributed by atoms with Gasteiger partial charge in [-0.1, -0.05) is 12.1 Å². The fourth-order valence-corrected chi connectivity index (χ4v) is 3.31. The Hall–Kier alpha value is -2.31. The van der Waals surface area contributed by atoms with Crippen LogP contribution in [0.15, 0.2) is 48.9 Å². The molecule has 0 radical (unpaired) electrons. The molecule has 0 spiro atoms. The van der Waals surface area contributed by atoms with Crippen molar-refractivity contribution in [3.8, 4) is 0 Å². The Morgan fingerprint density at radius 3 is 2.92 bits per heavy atom. The third kappa shape index (κ3) is 4.61. The molecule has 0 aromatic carbocycles. The highest BCUT2D eigenvalue weighted by Crippen LogP contribution is 2.22. The molecule has 25 heavy (non-hydrogen) atoms. The summed E-state index contributed by atoms with van der Waals surface area (Å²) in [6, 6.07) is 9.51. The van der Waals surface area contributed by atoms with Crippen LogP contribution >= 0.6 is 0 Å². The molecule has 0 saturated carbocycles. The standard InChI is InChI=1S/C19H24N4O2/c24-12-11-23(14-16-5-3-8-20-13-16)19(25)18-7-4-10-22(18)15-17-6-1-2-9-21-17/h1-3,5-6,8-9,13,18,24H,4,7,10-12,14-15H2. The van der Waals surface area contributed by atoms with Gasteiger partial charge in [-0.2, -0.15) is 0 Å². The number of hydrogen-bond acceptors (Lipinski definition) is 5. The van der Waals surface area contributed by atoms with Crippen LogP contribution in [0.4, 0.5) is 0 Å². The maximum atomic E-state index is 13.1. The molecule has 6 heteroatoms. The van der Waals surface area contributed by atoms with Crippen LogP contribution in [0.5, 0.6) is 0 Å². The van der Waals surface area contributed by atoms with E-state index in [1.165, 1.54) is 0 Å². The normalized spacial score (nSPS) is 17.6. The van der Waals surface area contributed by atoms with Crippen molar-refractivity contribution in [2.24, 2.45) is 0 Å². The first kappa shape index (κ1) is 17.5. The molecular weight excluding hydrogens is 316 g/mol. The fraction of sp³-hybridized carbons (Fsp3) is 0.421. The van der Waals surface area contributed by atoms with Gasteiger partial charge in [-0.05, 0) is 43.1 Å². The Balaban J connectivity index is 1.69. The zero-order valence-electron chi connectivity index (χ0n) is 14.3. The van der Waals surface area contributed by atoms with E-state index in [9.17, 15) is 9.90 Å². The van der Waals surface area contributed by atoms with E-state index in [1.54, 1.807) is 23.5 Å². The molecule has 3 heterocycles. The number of pyridine rings is 2. The van der Waals surface area contributed by atoms with Crippen molar-refractivity contribution in [2.45, 2.75) is 32.0 Å². The Morgan fingerprint density at radius 1 is 1.28 bits per heavy atom. The van der Waals surface area contributed by atoms with Gasteiger partial charge in [0.05, 0.1) is 18.3 Å². The monoisotopic (exact) mass is 340 g/mol. The molecule has 1 N–H and O–H groups in total. The van der Waals surface area contributed by atoms with E-state index in [1.807, 2.05) is 30.3 Å². The predicted molar refractivity (Wildman–Crippen MR) is 94.4 cm³/mol. The number of rotatable bonds is 7. The highest BCUT2D eigenvalue weighted by Gasteiger charge is 2.33. The average molecular weight is 340 g/mol. The highest BCUT2D eigenvalue weighted by molar-refractivity contribution is 5.82. The van der Waals surface area contributed by atoms with E-state index in [4.69, 9.17) is 0 Å². The maximum Gasteiger partial charge on any atom is 0.240 e. The summed E-state index contributed by atoms with van der Waals surface area (Å²) in [5.74, 6) is 0.0753. The molecule has 1 amide bonds. The summed E-state index contributed by atoms with van der Waals surface area (Å²) in [4.78, 5) is 25.5. The highest BCUT2D eigenvalue weighted by atomic mass is 16.3. The number of aromatic nitrogens is 2. The van der Waals surface area contributed by atoms with Gasteiger partial charge in [-0.3, -0.25) is 19.7 Å². The summed E-state index contributed by atoms with van der Waals surface area (Å²) >= 11 is 0. The lowest BCUT2D eigenvalue weighted by molar-refractivity contribution is -0.137. The Kier molecular flexibility index (Phi) is 6.09. The number of aliphatic hydroxyl groups is 1. The van der Waals surface area contributed by atoms with Gasteiger partial charge in [-0.25, -0.2) is 0 Å². The predicted octanol–water partition coefficient (Wildman–Crippen LogP) is 1.46. The Bertz CT molecular complexity index is 666. The molecule has 2 aromatic rings. The van der Waals surface area contributed by atoms with Crippen LogP contribution in [-0.2, 0) is 17.9 Å². The van der Waals surface area contributed by atoms with Gasteiger partial charge in [0, 0.05) is 38.2 Å². The van der Waals surface area contributed by atoms with Crippen LogP contribution in [-0.4, -0.2) is 56.5 Å². The maximum absolute atomic E-state index is 13.1. The first-order valence-corrected chi connectivity index (χ1v) is 8.70. The van der Waals surface area contributed by atoms with Crippen molar-refractivity contribution in [3.05, 3.63) is 60.2 Å². The summed E-state index contributed by atoms with van der Waals surface area (Å²) in [7, 11) is 0. The molecule has 6 nitrogen and oxygen atoms in total. The third-order valence-corrected chi connectivity index (χ3v) is 4.52. The lowest BCUT2D eigenvalue weighted by atomic mass is 10.1. The lowest BCUT2D eigenvalue weighted by Crippen LogP contribution is -2.46. The van der Waals surface area contributed by atoms with E-state index in [0.29, 0.717) is 19.6 Å². The van der Waals surface area contributed by atoms with Crippen molar-refractivity contribution in [3.63, 3.8) is 0 Å². The van der Waals surface area contributed by atoms with Crippen LogP contribution in [0, 0.1) is 0 Å². The van der Waals surface area contributed by atoms with Gasteiger partial charge >= 0.3 is 0 Å². The van der Waals surface area contributed by atoms with Crippen molar-refractivity contribution >= 4 is 5.91 Å². The second-order valence-electron chi connectivity index (χ2n) is 6.29. The zero-order valence-corrected chi connectivity index (χ0v) is 14.3. The first-order valence-electron chi connectivity index (χ1n) is 8.70. The number of aliphatic hydroxyl groups excluding tert-OH is 1. The quantitative estimate of drug-likeness (QED) is 0.826. The number of carbonyl (C=O) groups is 1. The van der Waals surface area contributed by atoms with E-state index in [-0.39, 0.29) is 18.6 Å². The van der Waals surface area contributed by atoms with E-state index in [2.05, 4.69) is 14.9 Å². The van der Waals surface area contributed by atoms with Gasteiger partial charge < -0.3 is 10.0 Å². The summed E-state index contributed by atoms with van der Waals surface area (Å²) < 4.78 is 0. The van der Waals surface area contributed by atoms with Crippen molar-refractivity contribution < 1.29 is 9.90 Å². The third-order valence-electron chi connectivity index (χ3n) is 4.52. The summed E-state index contributed by atoms with van der Waals surface area (Å²) in [6.45, 7) is 2.34. The van der Waals surface area contributed by atoms with Gasteiger partial charge in [0.25, 0.3) is 0 Å². The molecular formula is C19H24N4O2. The smallest absolute Gasteiger partial charge is 0.240 e. The van der Waals surface area contributed by atoms with Gasteiger partial charge in [0.15, 0.2) is 0 Å². The minimum atomic E-state index is -0.148. The number of amides is 1. The van der Waals surface area contributed by atoms with E-state index in [0.717, 1.165) is 30.6 Å². The SMILES string of the molecule is O=C(C1CCCN1Cc1ccccn1)N(CCO)Cc1cccnc1. The van der Waals surface area contributed by atoms with Gasteiger partial charge in [0.1, 0.15) is 0 Å². The molecule has 1 fully saturated rings. The number of carbonyl (C=O) groups excluding carboxylic acids is 1. The Morgan fingerprint density at radius 2 is 2.20 bits per heavy atom. The largest absolute Gasteiger partial charge is 0.395 e. The molecule has 1 saturated heterocycles. The number of likely N-dealkylation sites (tertiary alicyclic amines) is 1.